The summed E-state index contributed by atoms with van der Waals surface area (Å²) in [5, 5.41) is 14.9. The Kier molecular flexibility index (Phi) is 3.76. The Balaban J connectivity index is 2.17. The highest BCUT2D eigenvalue weighted by Gasteiger charge is 2.14. The fourth-order valence-electron chi connectivity index (χ4n) is 1.77. The van der Waals surface area contributed by atoms with Crippen LogP contribution in [0, 0.1) is 0 Å². The molecule has 4 nitrogen and oxygen atoms in total. The van der Waals surface area contributed by atoms with Crippen LogP contribution in [0.1, 0.15) is 24.3 Å². The van der Waals surface area contributed by atoms with Gasteiger partial charge in [0.1, 0.15) is 0 Å². The molecule has 2 aromatic rings. The molecule has 5 heteroatoms. The molecule has 1 unspecified atom stereocenters. The van der Waals surface area contributed by atoms with Gasteiger partial charge in [0.15, 0.2) is 0 Å². The SMILES string of the molecule is CCn1nccc1C(O)Cc1ccncc1Cl. The molecule has 0 aliphatic heterocycles. The quantitative estimate of drug-likeness (QED) is 0.907. The molecule has 0 amide bonds. The van der Waals surface area contributed by atoms with Crippen LogP contribution in [0.4, 0.5) is 0 Å². The Morgan fingerprint density at radius 3 is 2.94 bits per heavy atom. The molecular weight excluding hydrogens is 238 g/mol. The van der Waals surface area contributed by atoms with Crippen LogP contribution in [0.3, 0.4) is 0 Å². The predicted octanol–water partition coefficient (Wildman–Crippen LogP) is 2.23. The van der Waals surface area contributed by atoms with E-state index in [0.717, 1.165) is 17.8 Å². The van der Waals surface area contributed by atoms with Gasteiger partial charge < -0.3 is 5.11 Å². The number of halogens is 1. The second-order valence-corrected chi connectivity index (χ2v) is 4.17. The number of aliphatic hydroxyl groups is 1. The van der Waals surface area contributed by atoms with Gasteiger partial charge >= 0.3 is 0 Å². The minimum absolute atomic E-state index is 0.465. The number of hydrogen-bond donors (Lipinski definition) is 1. The summed E-state index contributed by atoms with van der Waals surface area (Å²) < 4.78 is 1.78. The number of aryl methyl sites for hydroxylation is 1. The molecule has 0 aliphatic rings. The van der Waals surface area contributed by atoms with Crippen molar-refractivity contribution < 1.29 is 5.11 Å². The standard InChI is InChI=1S/C12H14ClN3O/c1-2-16-11(4-6-15-16)12(17)7-9-3-5-14-8-10(9)13/h3-6,8,12,17H,2,7H2,1H3. The zero-order chi connectivity index (χ0) is 12.3. The minimum Gasteiger partial charge on any atom is -0.386 e. The van der Waals surface area contributed by atoms with Gasteiger partial charge in [0.25, 0.3) is 0 Å². The molecular formula is C12H14ClN3O. The smallest absolute Gasteiger partial charge is 0.0997 e. The average Bonchev–Trinajstić information content (AvgIpc) is 2.80. The second-order valence-electron chi connectivity index (χ2n) is 3.76. The van der Waals surface area contributed by atoms with Gasteiger partial charge in [0, 0.05) is 31.6 Å². The molecule has 1 N–H and O–H groups in total. The Morgan fingerprint density at radius 1 is 1.41 bits per heavy atom. The first-order valence-electron chi connectivity index (χ1n) is 5.50. The normalized spacial score (nSPS) is 12.6. The van der Waals surface area contributed by atoms with Crippen molar-refractivity contribution >= 4 is 11.6 Å². The molecule has 1 atom stereocenters. The van der Waals surface area contributed by atoms with Crippen molar-refractivity contribution in [3.8, 4) is 0 Å². The van der Waals surface area contributed by atoms with E-state index in [9.17, 15) is 5.11 Å². The van der Waals surface area contributed by atoms with Gasteiger partial charge in [-0.05, 0) is 24.6 Å². The van der Waals surface area contributed by atoms with E-state index in [2.05, 4.69) is 10.1 Å². The summed E-state index contributed by atoms with van der Waals surface area (Å²) in [6, 6.07) is 3.64. The summed E-state index contributed by atoms with van der Waals surface area (Å²) in [5.41, 5.74) is 1.69. The lowest BCUT2D eigenvalue weighted by Crippen LogP contribution is -2.10. The van der Waals surface area contributed by atoms with Gasteiger partial charge in [0.05, 0.1) is 16.8 Å². The van der Waals surface area contributed by atoms with Gasteiger partial charge in [-0.3, -0.25) is 9.67 Å². The highest BCUT2D eigenvalue weighted by Crippen LogP contribution is 2.22. The molecule has 17 heavy (non-hydrogen) atoms. The van der Waals surface area contributed by atoms with Crippen molar-refractivity contribution in [3.05, 3.63) is 47.0 Å². The van der Waals surface area contributed by atoms with E-state index in [4.69, 9.17) is 11.6 Å². The molecule has 2 aromatic heterocycles. The summed E-state index contributed by atoms with van der Waals surface area (Å²) in [6.45, 7) is 2.73. The van der Waals surface area contributed by atoms with E-state index in [1.807, 2.05) is 19.1 Å². The van der Waals surface area contributed by atoms with Crippen LogP contribution >= 0.6 is 11.6 Å². The summed E-state index contributed by atoms with van der Waals surface area (Å²) in [7, 11) is 0. The summed E-state index contributed by atoms with van der Waals surface area (Å²) >= 11 is 6.01. The molecule has 90 valence electrons. The number of rotatable bonds is 4. The Labute approximate surface area is 105 Å². The summed E-state index contributed by atoms with van der Waals surface area (Å²) in [6.07, 6.45) is 4.81. The van der Waals surface area contributed by atoms with Crippen LogP contribution in [0.5, 0.6) is 0 Å². The topological polar surface area (TPSA) is 50.9 Å². The number of pyridine rings is 1. The van der Waals surface area contributed by atoms with Crippen LogP contribution in [-0.2, 0) is 13.0 Å². The predicted molar refractivity (Wildman–Crippen MR) is 65.8 cm³/mol. The molecule has 0 aromatic carbocycles. The molecule has 0 bridgehead atoms. The van der Waals surface area contributed by atoms with Crippen LogP contribution in [0.2, 0.25) is 5.02 Å². The van der Waals surface area contributed by atoms with Gasteiger partial charge in [0.2, 0.25) is 0 Å². The molecule has 0 fully saturated rings. The van der Waals surface area contributed by atoms with Gasteiger partial charge in [-0.25, -0.2) is 0 Å². The summed E-state index contributed by atoms with van der Waals surface area (Å²) in [4.78, 5) is 3.92. The Bertz CT molecular complexity index is 498. The van der Waals surface area contributed by atoms with E-state index in [-0.39, 0.29) is 0 Å². The van der Waals surface area contributed by atoms with Crippen molar-refractivity contribution in [2.75, 3.05) is 0 Å². The lowest BCUT2D eigenvalue weighted by molar-refractivity contribution is 0.167. The highest BCUT2D eigenvalue weighted by atomic mass is 35.5. The maximum Gasteiger partial charge on any atom is 0.0997 e. The molecule has 0 saturated carbocycles. The first kappa shape index (κ1) is 12.1. The molecule has 2 rings (SSSR count). The molecule has 0 aliphatic carbocycles. The average molecular weight is 252 g/mol. The largest absolute Gasteiger partial charge is 0.386 e. The van der Waals surface area contributed by atoms with E-state index in [1.165, 1.54) is 0 Å². The van der Waals surface area contributed by atoms with Crippen LogP contribution in [0.15, 0.2) is 30.7 Å². The maximum atomic E-state index is 10.2. The van der Waals surface area contributed by atoms with E-state index >= 15 is 0 Å². The van der Waals surface area contributed by atoms with Crippen LogP contribution in [-0.4, -0.2) is 19.9 Å². The number of aliphatic hydroxyl groups excluding tert-OH is 1. The van der Waals surface area contributed by atoms with Gasteiger partial charge in [-0.15, -0.1) is 0 Å². The summed E-state index contributed by atoms with van der Waals surface area (Å²) in [5.74, 6) is 0. The molecule has 0 spiro atoms. The monoisotopic (exact) mass is 251 g/mol. The Morgan fingerprint density at radius 2 is 2.24 bits per heavy atom. The molecule has 0 saturated heterocycles. The fraction of sp³-hybridized carbons (Fsp3) is 0.333. The number of nitrogens with zero attached hydrogens (tertiary/aromatic N) is 3. The lowest BCUT2D eigenvalue weighted by atomic mass is 10.1. The zero-order valence-corrected chi connectivity index (χ0v) is 10.3. The number of hydrogen-bond acceptors (Lipinski definition) is 3. The van der Waals surface area contributed by atoms with E-state index in [0.29, 0.717) is 11.4 Å². The van der Waals surface area contributed by atoms with Crippen molar-refractivity contribution in [2.45, 2.75) is 26.0 Å². The Hall–Kier alpha value is -1.39. The van der Waals surface area contributed by atoms with E-state index < -0.39 is 6.10 Å². The van der Waals surface area contributed by atoms with Crippen molar-refractivity contribution in [1.29, 1.82) is 0 Å². The minimum atomic E-state index is -0.600. The second kappa shape index (κ2) is 5.29. The van der Waals surface area contributed by atoms with Gasteiger partial charge in [-0.1, -0.05) is 11.6 Å². The first-order valence-corrected chi connectivity index (χ1v) is 5.88. The van der Waals surface area contributed by atoms with Crippen molar-refractivity contribution in [3.63, 3.8) is 0 Å². The first-order chi connectivity index (χ1) is 8.22. The fourth-order valence-corrected chi connectivity index (χ4v) is 1.97. The number of aromatic nitrogens is 3. The third kappa shape index (κ3) is 2.65. The van der Waals surface area contributed by atoms with Crippen molar-refractivity contribution in [2.24, 2.45) is 0 Å². The third-order valence-corrected chi connectivity index (χ3v) is 3.00. The van der Waals surface area contributed by atoms with Crippen LogP contribution in [0.25, 0.3) is 0 Å². The lowest BCUT2D eigenvalue weighted by Gasteiger charge is -2.13. The zero-order valence-electron chi connectivity index (χ0n) is 9.55. The molecule has 0 radical (unpaired) electrons. The maximum absolute atomic E-state index is 10.2. The third-order valence-electron chi connectivity index (χ3n) is 2.66. The highest BCUT2D eigenvalue weighted by molar-refractivity contribution is 6.31. The van der Waals surface area contributed by atoms with Gasteiger partial charge in [-0.2, -0.15) is 5.10 Å². The molecule has 2 heterocycles. The van der Waals surface area contributed by atoms with Crippen LogP contribution < -0.4 is 0 Å². The van der Waals surface area contributed by atoms with Crippen molar-refractivity contribution in [1.82, 2.24) is 14.8 Å². The van der Waals surface area contributed by atoms with E-state index in [1.54, 1.807) is 23.3 Å².